The van der Waals surface area contributed by atoms with Crippen molar-refractivity contribution in [1.82, 2.24) is 5.32 Å². The van der Waals surface area contributed by atoms with Crippen LogP contribution in [-0.4, -0.2) is 31.3 Å². The third-order valence-corrected chi connectivity index (χ3v) is 3.45. The van der Waals surface area contributed by atoms with Crippen molar-refractivity contribution in [3.63, 3.8) is 0 Å². The van der Waals surface area contributed by atoms with Crippen molar-refractivity contribution < 1.29 is 9.13 Å². The molecule has 4 heteroatoms. The van der Waals surface area contributed by atoms with Gasteiger partial charge in [0.25, 0.3) is 0 Å². The van der Waals surface area contributed by atoms with Gasteiger partial charge in [0.1, 0.15) is 5.82 Å². The van der Waals surface area contributed by atoms with E-state index in [1.165, 1.54) is 6.07 Å². The van der Waals surface area contributed by atoms with Crippen molar-refractivity contribution in [3.8, 4) is 0 Å². The Balaban J connectivity index is 2.35. The van der Waals surface area contributed by atoms with E-state index in [1.807, 2.05) is 13.1 Å². The van der Waals surface area contributed by atoms with Crippen LogP contribution in [0.1, 0.15) is 33.3 Å². The average molecular weight is 280 g/mol. The number of halogens is 1. The second-order valence-corrected chi connectivity index (χ2v) is 6.78. The maximum atomic E-state index is 13.5. The Hall–Kier alpha value is -1.13. The maximum absolute atomic E-state index is 13.5. The lowest BCUT2D eigenvalue weighted by Crippen LogP contribution is -2.57. The summed E-state index contributed by atoms with van der Waals surface area (Å²) >= 11 is 0. The highest BCUT2D eigenvalue weighted by molar-refractivity contribution is 5.55. The third-order valence-electron chi connectivity index (χ3n) is 3.45. The van der Waals surface area contributed by atoms with E-state index >= 15 is 0 Å². The molecular formula is C16H25FN2O. The quantitative estimate of drug-likeness (QED) is 0.921. The summed E-state index contributed by atoms with van der Waals surface area (Å²) in [5.74, 6) is -0.189. The Bertz CT molecular complexity index is 469. The first-order chi connectivity index (χ1) is 9.22. The monoisotopic (exact) mass is 280 g/mol. The fourth-order valence-corrected chi connectivity index (χ4v) is 3.15. The molecule has 0 bridgehead atoms. The van der Waals surface area contributed by atoms with Gasteiger partial charge in [0.15, 0.2) is 0 Å². The number of benzene rings is 1. The van der Waals surface area contributed by atoms with Gasteiger partial charge in [0.2, 0.25) is 0 Å². The Morgan fingerprint density at radius 2 is 1.80 bits per heavy atom. The van der Waals surface area contributed by atoms with Gasteiger partial charge in [0.05, 0.1) is 11.2 Å². The minimum Gasteiger partial charge on any atom is -0.366 e. The second kappa shape index (κ2) is 5.34. The molecule has 0 amide bonds. The minimum absolute atomic E-state index is 0.189. The lowest BCUT2D eigenvalue weighted by molar-refractivity contribution is -0.133. The van der Waals surface area contributed by atoms with Crippen LogP contribution in [-0.2, 0) is 11.3 Å². The standard InChI is InChI=1S/C16H25FN2O/c1-15(2)10-19(11-16(3,4)20-15)14-7-6-13(17)8-12(14)9-18-5/h6-8,18H,9-11H2,1-5H3. The van der Waals surface area contributed by atoms with Crippen LogP contribution >= 0.6 is 0 Å². The number of ether oxygens (including phenoxy) is 1. The van der Waals surface area contributed by atoms with Crippen molar-refractivity contribution in [2.45, 2.75) is 45.4 Å². The second-order valence-electron chi connectivity index (χ2n) is 6.78. The summed E-state index contributed by atoms with van der Waals surface area (Å²) in [5, 5.41) is 3.11. The average Bonchev–Trinajstić information content (AvgIpc) is 2.25. The molecule has 2 rings (SSSR count). The van der Waals surface area contributed by atoms with E-state index in [9.17, 15) is 4.39 Å². The van der Waals surface area contributed by atoms with Gasteiger partial charge >= 0.3 is 0 Å². The zero-order valence-corrected chi connectivity index (χ0v) is 13.1. The molecule has 0 atom stereocenters. The van der Waals surface area contributed by atoms with Crippen molar-refractivity contribution >= 4 is 5.69 Å². The van der Waals surface area contributed by atoms with Gasteiger partial charge in [-0.15, -0.1) is 0 Å². The molecule has 20 heavy (non-hydrogen) atoms. The molecule has 1 aliphatic rings. The van der Waals surface area contributed by atoms with Crippen LogP contribution in [0.5, 0.6) is 0 Å². The molecule has 1 aromatic carbocycles. The van der Waals surface area contributed by atoms with Gasteiger partial charge in [-0.3, -0.25) is 0 Å². The van der Waals surface area contributed by atoms with Crippen molar-refractivity contribution in [3.05, 3.63) is 29.6 Å². The molecule has 112 valence electrons. The highest BCUT2D eigenvalue weighted by Gasteiger charge is 2.38. The third kappa shape index (κ3) is 3.49. The highest BCUT2D eigenvalue weighted by atomic mass is 19.1. The molecule has 1 heterocycles. The number of rotatable bonds is 3. The first-order valence-electron chi connectivity index (χ1n) is 7.11. The van der Waals surface area contributed by atoms with Gasteiger partial charge in [0, 0.05) is 25.3 Å². The van der Waals surface area contributed by atoms with E-state index in [0.717, 1.165) is 24.3 Å². The summed E-state index contributed by atoms with van der Waals surface area (Å²) in [7, 11) is 1.88. The molecule has 0 radical (unpaired) electrons. The van der Waals surface area contributed by atoms with Crippen LogP contribution in [0.4, 0.5) is 10.1 Å². The Morgan fingerprint density at radius 3 is 2.35 bits per heavy atom. The van der Waals surface area contributed by atoms with Crippen LogP contribution < -0.4 is 10.2 Å². The van der Waals surface area contributed by atoms with Gasteiger partial charge in [-0.25, -0.2) is 4.39 Å². The molecule has 1 aromatic rings. The van der Waals surface area contributed by atoms with Crippen LogP contribution in [0.15, 0.2) is 18.2 Å². The highest BCUT2D eigenvalue weighted by Crippen LogP contribution is 2.33. The Labute approximate surface area is 121 Å². The van der Waals surface area contributed by atoms with E-state index in [2.05, 4.69) is 37.9 Å². The van der Waals surface area contributed by atoms with E-state index in [0.29, 0.717) is 6.54 Å². The first kappa shape index (κ1) is 15.3. The minimum atomic E-state index is -0.215. The van der Waals surface area contributed by atoms with Crippen molar-refractivity contribution in [1.29, 1.82) is 0 Å². The normalized spacial score (nSPS) is 21.0. The van der Waals surface area contributed by atoms with Crippen molar-refractivity contribution in [2.75, 3.05) is 25.0 Å². The maximum Gasteiger partial charge on any atom is 0.123 e. The predicted octanol–water partition coefficient (Wildman–Crippen LogP) is 2.94. The van der Waals surface area contributed by atoms with Crippen LogP contribution in [0, 0.1) is 5.82 Å². The molecule has 0 spiro atoms. The number of hydrogen-bond acceptors (Lipinski definition) is 3. The fraction of sp³-hybridized carbons (Fsp3) is 0.625. The molecule has 0 aliphatic carbocycles. The lowest BCUT2D eigenvalue weighted by atomic mass is 9.97. The zero-order chi connectivity index (χ0) is 15.0. The van der Waals surface area contributed by atoms with Gasteiger partial charge in [-0.05, 0) is 58.5 Å². The number of morpholine rings is 1. The van der Waals surface area contributed by atoms with E-state index in [-0.39, 0.29) is 17.0 Å². The van der Waals surface area contributed by atoms with E-state index < -0.39 is 0 Å². The zero-order valence-electron chi connectivity index (χ0n) is 13.1. The van der Waals surface area contributed by atoms with E-state index in [4.69, 9.17) is 4.74 Å². The van der Waals surface area contributed by atoms with Gasteiger partial charge in [-0.1, -0.05) is 0 Å². The molecule has 0 unspecified atom stereocenters. The van der Waals surface area contributed by atoms with E-state index in [1.54, 1.807) is 6.07 Å². The number of nitrogens with zero attached hydrogens (tertiary/aromatic N) is 1. The predicted molar refractivity (Wildman–Crippen MR) is 80.6 cm³/mol. The van der Waals surface area contributed by atoms with Gasteiger partial charge in [-0.2, -0.15) is 0 Å². The number of hydrogen-bond donors (Lipinski definition) is 1. The fourth-order valence-electron chi connectivity index (χ4n) is 3.15. The molecule has 1 saturated heterocycles. The molecule has 1 fully saturated rings. The molecule has 0 saturated carbocycles. The number of anilines is 1. The lowest BCUT2D eigenvalue weighted by Gasteiger charge is -2.48. The molecule has 0 aromatic heterocycles. The number of nitrogens with one attached hydrogen (secondary N) is 1. The Kier molecular flexibility index (Phi) is 4.07. The summed E-state index contributed by atoms with van der Waals surface area (Å²) in [4.78, 5) is 2.30. The van der Waals surface area contributed by atoms with Crippen LogP contribution in [0.2, 0.25) is 0 Å². The summed E-state index contributed by atoms with van der Waals surface area (Å²) in [6.45, 7) is 10.7. The molecule has 1 N–H and O–H groups in total. The largest absolute Gasteiger partial charge is 0.366 e. The summed E-state index contributed by atoms with van der Waals surface area (Å²) in [6.07, 6.45) is 0. The molecular weight excluding hydrogens is 255 g/mol. The Morgan fingerprint density at radius 1 is 1.20 bits per heavy atom. The van der Waals surface area contributed by atoms with Crippen LogP contribution in [0.3, 0.4) is 0 Å². The first-order valence-corrected chi connectivity index (χ1v) is 7.11. The topological polar surface area (TPSA) is 24.5 Å². The van der Waals surface area contributed by atoms with Gasteiger partial charge < -0.3 is 15.0 Å². The SMILES string of the molecule is CNCc1cc(F)ccc1N1CC(C)(C)OC(C)(C)C1. The summed E-state index contributed by atoms with van der Waals surface area (Å²) < 4.78 is 19.6. The van der Waals surface area contributed by atoms with Crippen LogP contribution in [0.25, 0.3) is 0 Å². The summed E-state index contributed by atoms with van der Waals surface area (Å²) in [6, 6.07) is 5.02. The molecule has 3 nitrogen and oxygen atoms in total. The summed E-state index contributed by atoms with van der Waals surface area (Å²) in [5.41, 5.74) is 1.64. The smallest absolute Gasteiger partial charge is 0.123 e. The van der Waals surface area contributed by atoms with Crippen molar-refractivity contribution in [2.24, 2.45) is 0 Å². The molecule has 1 aliphatic heterocycles.